The molecule has 0 aliphatic rings. The molecule has 0 bridgehead atoms. The van der Waals surface area contributed by atoms with Gasteiger partial charge in [-0.25, -0.2) is 0 Å². The molecule has 0 unspecified atom stereocenters. The van der Waals surface area contributed by atoms with E-state index in [-0.39, 0.29) is 0 Å². The Bertz CT molecular complexity index is 111. The highest BCUT2D eigenvalue weighted by atomic mass is 28.3. The summed E-state index contributed by atoms with van der Waals surface area (Å²) in [4.78, 5) is 4.38. The van der Waals surface area contributed by atoms with Gasteiger partial charge in [-0.05, 0) is 5.92 Å². The van der Waals surface area contributed by atoms with Gasteiger partial charge in [-0.2, -0.15) is 0 Å². The van der Waals surface area contributed by atoms with Gasteiger partial charge in [0.25, 0.3) is 0 Å². The Kier molecular flexibility index (Phi) is 3.87. The molecular weight excluding hydrogens is 138 g/mol. The fourth-order valence-corrected chi connectivity index (χ4v) is 1.19. The van der Waals surface area contributed by atoms with Crippen molar-refractivity contribution in [3.63, 3.8) is 0 Å². The van der Waals surface area contributed by atoms with Crippen LogP contribution in [0, 0.1) is 5.92 Å². The van der Waals surface area contributed by atoms with Gasteiger partial charge < -0.3 is 4.99 Å². The molecule has 0 saturated carbocycles. The first-order chi connectivity index (χ1) is 4.42. The van der Waals surface area contributed by atoms with Crippen molar-refractivity contribution >= 4 is 14.3 Å². The molecule has 0 aromatic heterocycles. The van der Waals surface area contributed by atoms with Crippen LogP contribution >= 0.6 is 0 Å². The molecule has 0 aromatic carbocycles. The van der Waals surface area contributed by atoms with Crippen molar-refractivity contribution in [3.8, 4) is 0 Å². The number of hydrogen-bond acceptors (Lipinski definition) is 1. The number of hydrogen-bond donors (Lipinski definition) is 0. The number of nitrogens with zero attached hydrogens (tertiary/aromatic N) is 1. The van der Waals surface area contributed by atoms with Crippen molar-refractivity contribution in [2.45, 2.75) is 33.5 Å². The molecule has 60 valence electrons. The molecule has 0 N–H and O–H groups in total. The van der Waals surface area contributed by atoms with Gasteiger partial charge in [0, 0.05) is 12.4 Å². The van der Waals surface area contributed by atoms with Crippen LogP contribution in [0.5, 0.6) is 0 Å². The van der Waals surface area contributed by atoms with Crippen LogP contribution in [0.25, 0.3) is 0 Å². The first kappa shape index (κ1) is 9.89. The minimum Gasteiger partial charge on any atom is -0.301 e. The predicted molar refractivity (Wildman–Crippen MR) is 51.5 cm³/mol. The van der Waals surface area contributed by atoms with Crippen LogP contribution in [0.4, 0.5) is 0 Å². The largest absolute Gasteiger partial charge is 0.301 e. The van der Waals surface area contributed by atoms with Crippen LogP contribution in [-0.4, -0.2) is 20.5 Å². The van der Waals surface area contributed by atoms with Gasteiger partial charge >= 0.3 is 0 Å². The maximum absolute atomic E-state index is 4.38. The van der Waals surface area contributed by atoms with E-state index in [1.165, 1.54) is 0 Å². The van der Waals surface area contributed by atoms with Crippen molar-refractivity contribution in [3.05, 3.63) is 0 Å². The van der Waals surface area contributed by atoms with Crippen molar-refractivity contribution < 1.29 is 0 Å². The zero-order valence-electron chi connectivity index (χ0n) is 7.81. The van der Waals surface area contributed by atoms with Gasteiger partial charge in [0.1, 0.15) is 0 Å². The molecule has 0 saturated heterocycles. The van der Waals surface area contributed by atoms with E-state index in [0.29, 0.717) is 5.92 Å². The summed E-state index contributed by atoms with van der Waals surface area (Å²) < 4.78 is 0. The van der Waals surface area contributed by atoms with Gasteiger partial charge in [-0.15, -0.1) is 0 Å². The minimum atomic E-state index is -0.922. The molecule has 0 radical (unpaired) electrons. The lowest BCUT2D eigenvalue weighted by Gasteiger charge is -2.11. The summed E-state index contributed by atoms with van der Waals surface area (Å²) in [6.45, 7) is 11.3. The van der Waals surface area contributed by atoms with Gasteiger partial charge in [0.15, 0.2) is 0 Å². The lowest BCUT2D eigenvalue weighted by molar-refractivity contribution is 0.902. The average Bonchev–Trinajstić information content (AvgIpc) is 1.59. The average molecular weight is 157 g/mol. The third-order valence-corrected chi connectivity index (χ3v) is 2.10. The van der Waals surface area contributed by atoms with E-state index in [4.69, 9.17) is 0 Å². The molecule has 2 heteroatoms. The fraction of sp³-hybridized carbons (Fsp3) is 0.875. The highest BCUT2D eigenvalue weighted by Crippen LogP contribution is 2.00. The van der Waals surface area contributed by atoms with E-state index >= 15 is 0 Å². The molecule has 10 heavy (non-hydrogen) atoms. The van der Waals surface area contributed by atoms with Gasteiger partial charge in [-0.3, -0.25) is 0 Å². The summed E-state index contributed by atoms with van der Waals surface area (Å²) in [5.74, 6) is 0.608. The van der Waals surface area contributed by atoms with Crippen molar-refractivity contribution in [1.29, 1.82) is 0 Å². The summed E-state index contributed by atoms with van der Waals surface area (Å²) in [6, 6.07) is 0. The van der Waals surface area contributed by atoms with E-state index in [1.54, 1.807) is 0 Å². The Morgan fingerprint density at radius 3 is 2.10 bits per heavy atom. The summed E-state index contributed by atoms with van der Waals surface area (Å²) in [5.41, 5.74) is 0. The number of aliphatic imine (C=N–C) groups is 1. The van der Waals surface area contributed by atoms with Crippen LogP contribution in [0.1, 0.15) is 13.8 Å². The first-order valence-corrected chi connectivity index (χ1v) is 7.62. The zero-order chi connectivity index (χ0) is 8.20. The second-order valence-corrected chi connectivity index (χ2v) is 9.73. The van der Waals surface area contributed by atoms with E-state index < -0.39 is 8.07 Å². The summed E-state index contributed by atoms with van der Waals surface area (Å²) in [5, 5.41) is 0. The Morgan fingerprint density at radius 2 is 1.80 bits per heavy atom. The first-order valence-electron chi connectivity index (χ1n) is 3.92. The molecule has 0 heterocycles. The summed E-state index contributed by atoms with van der Waals surface area (Å²) in [6.07, 6.45) is 3.13. The van der Waals surface area contributed by atoms with Crippen molar-refractivity contribution in [2.24, 2.45) is 10.9 Å². The van der Waals surface area contributed by atoms with Crippen LogP contribution in [-0.2, 0) is 0 Å². The van der Waals surface area contributed by atoms with Gasteiger partial charge in [0.05, 0.1) is 8.07 Å². The molecule has 0 amide bonds. The summed E-state index contributed by atoms with van der Waals surface area (Å²) >= 11 is 0. The Morgan fingerprint density at radius 1 is 1.30 bits per heavy atom. The van der Waals surface area contributed by atoms with Crippen LogP contribution < -0.4 is 0 Å². The van der Waals surface area contributed by atoms with Crippen molar-refractivity contribution in [2.75, 3.05) is 6.17 Å². The SMILES string of the molecule is CC(C)C=NC[Si](C)(C)C. The summed E-state index contributed by atoms with van der Waals surface area (Å²) in [7, 11) is -0.922. The molecule has 0 spiro atoms. The molecule has 0 fully saturated rings. The molecule has 0 aliphatic heterocycles. The Labute approximate surface area is 65.6 Å². The van der Waals surface area contributed by atoms with Crippen molar-refractivity contribution in [1.82, 2.24) is 0 Å². The third-order valence-electron chi connectivity index (χ3n) is 0.969. The lowest BCUT2D eigenvalue weighted by atomic mass is 10.3. The quantitative estimate of drug-likeness (QED) is 0.441. The second-order valence-electron chi connectivity index (χ2n) is 4.29. The Balaban J connectivity index is 3.54. The normalized spacial score (nSPS) is 13.4. The maximum Gasteiger partial charge on any atom is 0.0692 e. The van der Waals surface area contributed by atoms with E-state index in [0.717, 1.165) is 6.17 Å². The minimum absolute atomic E-state index is 0.608. The zero-order valence-corrected chi connectivity index (χ0v) is 8.81. The van der Waals surface area contributed by atoms with E-state index in [1.807, 2.05) is 0 Å². The molecular formula is C8H19NSi. The monoisotopic (exact) mass is 157 g/mol. The maximum atomic E-state index is 4.38. The Hall–Kier alpha value is -0.113. The van der Waals surface area contributed by atoms with Gasteiger partial charge in [-0.1, -0.05) is 33.5 Å². The smallest absolute Gasteiger partial charge is 0.0692 e. The second kappa shape index (κ2) is 3.91. The molecule has 1 nitrogen and oxygen atoms in total. The molecule has 0 atom stereocenters. The molecule has 0 aliphatic carbocycles. The topological polar surface area (TPSA) is 12.4 Å². The van der Waals surface area contributed by atoms with E-state index in [9.17, 15) is 0 Å². The standard InChI is InChI=1S/C8H19NSi/c1-8(2)6-9-7-10(3,4)5/h6,8H,7H2,1-5H3. The van der Waals surface area contributed by atoms with Crippen LogP contribution in [0.3, 0.4) is 0 Å². The molecule has 0 rings (SSSR count). The fourth-order valence-electron chi connectivity index (χ4n) is 0.537. The highest BCUT2D eigenvalue weighted by molar-refractivity contribution is 6.76. The van der Waals surface area contributed by atoms with Gasteiger partial charge in [0.2, 0.25) is 0 Å². The highest BCUT2D eigenvalue weighted by Gasteiger charge is 2.10. The number of rotatable bonds is 3. The molecule has 0 aromatic rings. The predicted octanol–water partition coefficient (Wildman–Crippen LogP) is 2.59. The van der Waals surface area contributed by atoms with Crippen LogP contribution in [0.2, 0.25) is 19.6 Å². The van der Waals surface area contributed by atoms with E-state index in [2.05, 4.69) is 44.7 Å². The third kappa shape index (κ3) is 7.89. The van der Waals surface area contributed by atoms with Crippen LogP contribution in [0.15, 0.2) is 4.99 Å². The lowest BCUT2D eigenvalue weighted by Crippen LogP contribution is -2.24.